The molecule has 0 aliphatic rings. The Hall–Kier alpha value is -3.15. The summed E-state index contributed by atoms with van der Waals surface area (Å²) in [5.74, 6) is -1.41. The van der Waals surface area contributed by atoms with Crippen LogP contribution in [-0.2, 0) is 14.3 Å². The molecular weight excluding hydrogens is 332 g/mol. The second kappa shape index (κ2) is 8.80. The van der Waals surface area contributed by atoms with Gasteiger partial charge in [-0.15, -0.1) is 0 Å². The van der Waals surface area contributed by atoms with Crippen molar-refractivity contribution >= 4 is 17.8 Å². The number of carbonyl (C=O) groups excluding carboxylic acids is 3. The van der Waals surface area contributed by atoms with Crippen LogP contribution in [-0.4, -0.2) is 43.3 Å². The molecule has 0 spiro atoms. The highest BCUT2D eigenvalue weighted by Gasteiger charge is 2.26. The zero-order chi connectivity index (χ0) is 19.1. The number of hydrogen-bond acceptors (Lipinski definition) is 4. The fraction of sp³-hybridized carbons (Fsp3) is 0.250. The molecule has 0 aromatic heterocycles. The van der Waals surface area contributed by atoms with E-state index in [1.54, 1.807) is 56.6 Å². The first-order valence-electron chi connectivity index (χ1n) is 8.19. The Labute approximate surface area is 152 Å². The molecule has 0 fully saturated rings. The van der Waals surface area contributed by atoms with Gasteiger partial charge in [0.25, 0.3) is 11.8 Å². The average Bonchev–Trinajstić information content (AvgIpc) is 2.64. The number of nitrogens with one attached hydrogen (secondary N) is 1. The van der Waals surface area contributed by atoms with E-state index in [0.717, 1.165) is 5.56 Å². The van der Waals surface area contributed by atoms with Crippen molar-refractivity contribution in [2.75, 3.05) is 20.6 Å². The Balaban J connectivity index is 2.01. The summed E-state index contributed by atoms with van der Waals surface area (Å²) in [6, 6.07) is 15.8. The predicted octanol–water partition coefficient (Wildman–Crippen LogP) is 2.10. The summed E-state index contributed by atoms with van der Waals surface area (Å²) < 4.78 is 5.32. The van der Waals surface area contributed by atoms with Gasteiger partial charge in [0.05, 0.1) is 0 Å². The number of hydrogen-bond donors (Lipinski definition) is 1. The standard InChI is InChI=1S/C20H22N2O4/c1-14-8-7-11-16(12-14)19(24)21-13-17(23)26-18(20(25)22(2)3)15-9-5-4-6-10-15/h4-12,18H,13H2,1-3H3,(H,21,24)/t18-/m0/s1. The maximum atomic E-state index is 12.3. The summed E-state index contributed by atoms with van der Waals surface area (Å²) in [6.07, 6.45) is -1.05. The van der Waals surface area contributed by atoms with Gasteiger partial charge in [-0.1, -0.05) is 48.0 Å². The van der Waals surface area contributed by atoms with E-state index in [4.69, 9.17) is 4.74 Å². The summed E-state index contributed by atoms with van der Waals surface area (Å²) in [7, 11) is 3.18. The van der Waals surface area contributed by atoms with Crippen molar-refractivity contribution in [2.24, 2.45) is 0 Å². The fourth-order valence-corrected chi connectivity index (χ4v) is 2.34. The minimum atomic E-state index is -1.05. The topological polar surface area (TPSA) is 75.7 Å². The van der Waals surface area contributed by atoms with Crippen molar-refractivity contribution in [1.29, 1.82) is 0 Å². The summed E-state index contributed by atoms with van der Waals surface area (Å²) in [6.45, 7) is 1.55. The monoisotopic (exact) mass is 354 g/mol. The molecular formula is C20H22N2O4. The van der Waals surface area contributed by atoms with Crippen LogP contribution in [0.5, 0.6) is 0 Å². The van der Waals surface area contributed by atoms with E-state index >= 15 is 0 Å². The lowest BCUT2D eigenvalue weighted by Crippen LogP contribution is -2.35. The second-order valence-electron chi connectivity index (χ2n) is 6.07. The third-order valence-corrected chi connectivity index (χ3v) is 3.69. The minimum Gasteiger partial charge on any atom is -0.446 e. The number of benzene rings is 2. The largest absolute Gasteiger partial charge is 0.446 e. The van der Waals surface area contributed by atoms with E-state index < -0.39 is 12.1 Å². The molecule has 0 heterocycles. The van der Waals surface area contributed by atoms with E-state index in [1.807, 2.05) is 19.1 Å². The molecule has 0 bridgehead atoms. The number of nitrogens with zero attached hydrogens (tertiary/aromatic N) is 1. The van der Waals surface area contributed by atoms with Gasteiger partial charge >= 0.3 is 5.97 Å². The molecule has 6 heteroatoms. The number of rotatable bonds is 6. The van der Waals surface area contributed by atoms with Crippen molar-refractivity contribution in [1.82, 2.24) is 10.2 Å². The van der Waals surface area contributed by atoms with E-state index in [1.165, 1.54) is 4.90 Å². The van der Waals surface area contributed by atoms with Gasteiger partial charge in [0.2, 0.25) is 6.10 Å². The molecule has 26 heavy (non-hydrogen) atoms. The second-order valence-corrected chi connectivity index (χ2v) is 6.07. The number of carbonyl (C=O) groups is 3. The van der Waals surface area contributed by atoms with Crippen LogP contribution in [0.4, 0.5) is 0 Å². The van der Waals surface area contributed by atoms with Crippen LogP contribution in [0.1, 0.15) is 27.6 Å². The highest BCUT2D eigenvalue weighted by Crippen LogP contribution is 2.19. The third kappa shape index (κ3) is 5.17. The van der Waals surface area contributed by atoms with Crippen LogP contribution in [0.25, 0.3) is 0 Å². The molecule has 1 atom stereocenters. The molecule has 2 rings (SSSR count). The number of aryl methyl sites for hydroxylation is 1. The molecule has 0 saturated heterocycles. The molecule has 0 unspecified atom stereocenters. The van der Waals surface area contributed by atoms with Gasteiger partial charge in [-0.3, -0.25) is 14.4 Å². The highest BCUT2D eigenvalue weighted by molar-refractivity contribution is 5.96. The van der Waals surface area contributed by atoms with Crippen LogP contribution in [0.3, 0.4) is 0 Å². The lowest BCUT2D eigenvalue weighted by atomic mass is 10.1. The molecule has 2 aromatic carbocycles. The SMILES string of the molecule is Cc1cccc(C(=O)NCC(=O)O[C@H](C(=O)N(C)C)c2ccccc2)c1. The van der Waals surface area contributed by atoms with E-state index in [-0.39, 0.29) is 18.4 Å². The molecule has 1 N–H and O–H groups in total. The Bertz CT molecular complexity index is 787. The third-order valence-electron chi connectivity index (χ3n) is 3.69. The van der Waals surface area contributed by atoms with Crippen LogP contribution in [0.2, 0.25) is 0 Å². The van der Waals surface area contributed by atoms with E-state index in [9.17, 15) is 14.4 Å². The Morgan fingerprint density at radius 2 is 1.73 bits per heavy atom. The Morgan fingerprint density at radius 3 is 2.35 bits per heavy atom. The van der Waals surface area contributed by atoms with Gasteiger partial charge in [0.15, 0.2) is 0 Å². The molecule has 0 aliphatic heterocycles. The normalized spacial score (nSPS) is 11.3. The Morgan fingerprint density at radius 1 is 1.04 bits per heavy atom. The molecule has 6 nitrogen and oxygen atoms in total. The summed E-state index contributed by atoms with van der Waals surface area (Å²) in [5.41, 5.74) is 1.98. The molecule has 2 amide bonds. The smallest absolute Gasteiger partial charge is 0.326 e. The number of esters is 1. The molecule has 0 saturated carbocycles. The molecule has 0 aliphatic carbocycles. The van der Waals surface area contributed by atoms with Crippen LogP contribution in [0.15, 0.2) is 54.6 Å². The summed E-state index contributed by atoms with van der Waals surface area (Å²) in [5, 5.41) is 2.51. The van der Waals surface area contributed by atoms with Crippen molar-refractivity contribution < 1.29 is 19.1 Å². The molecule has 136 valence electrons. The van der Waals surface area contributed by atoms with Crippen molar-refractivity contribution in [3.05, 3.63) is 71.3 Å². The summed E-state index contributed by atoms with van der Waals surface area (Å²) >= 11 is 0. The van der Waals surface area contributed by atoms with Gasteiger partial charge in [0.1, 0.15) is 6.54 Å². The number of amides is 2. The lowest BCUT2D eigenvalue weighted by molar-refractivity contribution is -0.158. The zero-order valence-electron chi connectivity index (χ0n) is 15.1. The zero-order valence-corrected chi connectivity index (χ0v) is 15.1. The van der Waals surface area contributed by atoms with Crippen molar-refractivity contribution in [3.8, 4) is 0 Å². The van der Waals surface area contributed by atoms with Crippen LogP contribution >= 0.6 is 0 Å². The first-order chi connectivity index (χ1) is 12.4. The van der Waals surface area contributed by atoms with E-state index in [2.05, 4.69) is 5.32 Å². The maximum Gasteiger partial charge on any atom is 0.326 e. The van der Waals surface area contributed by atoms with Gasteiger partial charge in [-0.25, -0.2) is 0 Å². The fourth-order valence-electron chi connectivity index (χ4n) is 2.34. The van der Waals surface area contributed by atoms with E-state index in [0.29, 0.717) is 11.1 Å². The Kier molecular flexibility index (Phi) is 6.49. The quantitative estimate of drug-likeness (QED) is 0.806. The maximum absolute atomic E-state index is 12.3. The highest BCUT2D eigenvalue weighted by atomic mass is 16.5. The number of likely N-dealkylation sites (N-methyl/N-ethyl adjacent to an activating group) is 1. The lowest BCUT2D eigenvalue weighted by Gasteiger charge is -2.21. The first-order valence-corrected chi connectivity index (χ1v) is 8.19. The predicted molar refractivity (Wildman–Crippen MR) is 97.5 cm³/mol. The molecule has 0 radical (unpaired) electrons. The van der Waals surface area contributed by atoms with Crippen LogP contribution in [0, 0.1) is 6.92 Å². The van der Waals surface area contributed by atoms with Gasteiger partial charge < -0.3 is 15.0 Å². The van der Waals surface area contributed by atoms with Crippen LogP contribution < -0.4 is 5.32 Å². The van der Waals surface area contributed by atoms with Crippen molar-refractivity contribution in [2.45, 2.75) is 13.0 Å². The minimum absolute atomic E-state index is 0.323. The average molecular weight is 354 g/mol. The van der Waals surface area contributed by atoms with Gasteiger partial charge in [0, 0.05) is 25.2 Å². The first kappa shape index (κ1) is 19.2. The number of ether oxygens (including phenoxy) is 1. The van der Waals surface area contributed by atoms with Crippen molar-refractivity contribution in [3.63, 3.8) is 0 Å². The van der Waals surface area contributed by atoms with Gasteiger partial charge in [-0.2, -0.15) is 0 Å². The van der Waals surface area contributed by atoms with Gasteiger partial charge in [-0.05, 0) is 19.1 Å². The summed E-state index contributed by atoms with van der Waals surface area (Å²) in [4.78, 5) is 37.9. The molecule has 2 aromatic rings.